The molecule has 1 atom stereocenters. The zero-order chi connectivity index (χ0) is 15.8. The SMILES string of the molecule is CNC(C)c1cc(F)c(C)cc1N1CCNC(=O)C1(C)C. The van der Waals surface area contributed by atoms with Gasteiger partial charge in [-0.1, -0.05) is 0 Å². The van der Waals surface area contributed by atoms with Gasteiger partial charge in [-0.3, -0.25) is 4.79 Å². The van der Waals surface area contributed by atoms with E-state index in [1.807, 2.05) is 33.9 Å². The third-order valence-corrected chi connectivity index (χ3v) is 4.35. The van der Waals surface area contributed by atoms with Gasteiger partial charge in [0.1, 0.15) is 11.4 Å². The van der Waals surface area contributed by atoms with Crippen molar-refractivity contribution in [2.24, 2.45) is 0 Å². The number of carbonyl (C=O) groups is 1. The van der Waals surface area contributed by atoms with Crippen LogP contribution in [0.1, 0.15) is 37.9 Å². The van der Waals surface area contributed by atoms with E-state index in [-0.39, 0.29) is 17.8 Å². The molecule has 1 amide bonds. The fourth-order valence-corrected chi connectivity index (χ4v) is 2.74. The molecule has 0 radical (unpaired) electrons. The highest BCUT2D eigenvalue weighted by atomic mass is 19.1. The van der Waals surface area contributed by atoms with Crippen LogP contribution in [-0.2, 0) is 4.79 Å². The van der Waals surface area contributed by atoms with Gasteiger partial charge in [0.2, 0.25) is 5.91 Å². The fourth-order valence-electron chi connectivity index (χ4n) is 2.74. The molecule has 2 rings (SSSR count). The Morgan fingerprint density at radius 3 is 2.71 bits per heavy atom. The molecule has 5 heteroatoms. The molecule has 0 aromatic heterocycles. The number of hydrogen-bond donors (Lipinski definition) is 2. The fraction of sp³-hybridized carbons (Fsp3) is 0.562. The number of carbonyl (C=O) groups excluding carboxylic acids is 1. The van der Waals surface area contributed by atoms with Crippen molar-refractivity contribution in [2.45, 2.75) is 39.3 Å². The second-order valence-corrected chi connectivity index (χ2v) is 6.14. The Hall–Kier alpha value is -1.62. The van der Waals surface area contributed by atoms with E-state index in [2.05, 4.69) is 15.5 Å². The van der Waals surface area contributed by atoms with Crippen molar-refractivity contribution < 1.29 is 9.18 Å². The van der Waals surface area contributed by atoms with Gasteiger partial charge in [0.05, 0.1) is 0 Å². The summed E-state index contributed by atoms with van der Waals surface area (Å²) in [5.74, 6) is -0.214. The number of halogens is 1. The van der Waals surface area contributed by atoms with E-state index in [0.717, 1.165) is 11.3 Å². The minimum atomic E-state index is -0.648. The first-order valence-corrected chi connectivity index (χ1v) is 7.32. The third kappa shape index (κ3) is 2.75. The highest BCUT2D eigenvalue weighted by Crippen LogP contribution is 2.34. The maximum absolute atomic E-state index is 14.0. The Morgan fingerprint density at radius 2 is 2.10 bits per heavy atom. The first-order valence-electron chi connectivity index (χ1n) is 7.32. The lowest BCUT2D eigenvalue weighted by atomic mass is 9.94. The van der Waals surface area contributed by atoms with Crippen molar-refractivity contribution in [2.75, 3.05) is 25.0 Å². The summed E-state index contributed by atoms with van der Waals surface area (Å²) in [4.78, 5) is 14.2. The lowest BCUT2D eigenvalue weighted by molar-refractivity contribution is -0.126. The van der Waals surface area contributed by atoms with Crippen LogP contribution in [0.2, 0.25) is 0 Å². The Balaban J connectivity index is 2.56. The van der Waals surface area contributed by atoms with Crippen molar-refractivity contribution in [1.82, 2.24) is 10.6 Å². The molecule has 0 spiro atoms. The van der Waals surface area contributed by atoms with Gasteiger partial charge in [-0.25, -0.2) is 4.39 Å². The smallest absolute Gasteiger partial charge is 0.245 e. The molecule has 0 bridgehead atoms. The number of nitrogens with one attached hydrogen (secondary N) is 2. The second-order valence-electron chi connectivity index (χ2n) is 6.14. The maximum Gasteiger partial charge on any atom is 0.245 e. The molecule has 1 saturated heterocycles. The molecular weight excluding hydrogens is 269 g/mol. The quantitative estimate of drug-likeness (QED) is 0.897. The van der Waals surface area contributed by atoms with Crippen LogP contribution in [-0.4, -0.2) is 31.6 Å². The molecular formula is C16H24FN3O. The molecule has 1 heterocycles. The maximum atomic E-state index is 14.0. The zero-order valence-electron chi connectivity index (χ0n) is 13.4. The van der Waals surface area contributed by atoms with E-state index in [9.17, 15) is 9.18 Å². The van der Waals surface area contributed by atoms with Crippen LogP contribution in [0.5, 0.6) is 0 Å². The van der Waals surface area contributed by atoms with Crippen molar-refractivity contribution in [3.8, 4) is 0 Å². The van der Waals surface area contributed by atoms with Gasteiger partial charge in [0, 0.05) is 24.8 Å². The summed E-state index contributed by atoms with van der Waals surface area (Å²) in [7, 11) is 1.85. The summed E-state index contributed by atoms with van der Waals surface area (Å²) in [5.41, 5.74) is 1.75. The standard InChI is InChI=1S/C16H24FN3O/c1-10-8-14(12(9-13(10)17)11(2)18-5)20-7-6-19-15(21)16(20,3)4/h8-9,11,18H,6-7H2,1-5H3,(H,19,21). The summed E-state index contributed by atoms with van der Waals surface area (Å²) in [5, 5.41) is 6.04. The largest absolute Gasteiger partial charge is 0.355 e. The number of piperazine rings is 1. The Bertz CT molecular complexity index is 557. The number of hydrogen-bond acceptors (Lipinski definition) is 3. The van der Waals surface area contributed by atoms with E-state index in [4.69, 9.17) is 0 Å². The van der Waals surface area contributed by atoms with Gasteiger partial charge in [-0.05, 0) is 58.0 Å². The summed E-state index contributed by atoms with van der Waals surface area (Å²) in [6, 6.07) is 3.43. The molecule has 21 heavy (non-hydrogen) atoms. The monoisotopic (exact) mass is 293 g/mol. The van der Waals surface area contributed by atoms with Crippen LogP contribution in [0.25, 0.3) is 0 Å². The van der Waals surface area contributed by atoms with Crippen molar-refractivity contribution >= 4 is 11.6 Å². The molecule has 2 N–H and O–H groups in total. The van der Waals surface area contributed by atoms with E-state index < -0.39 is 5.54 Å². The predicted molar refractivity (Wildman–Crippen MR) is 83.0 cm³/mol. The summed E-state index contributed by atoms with van der Waals surface area (Å²) in [6.45, 7) is 8.86. The number of nitrogens with zero attached hydrogens (tertiary/aromatic N) is 1. The average molecular weight is 293 g/mol. The lowest BCUT2D eigenvalue weighted by Crippen LogP contribution is -2.62. The molecule has 1 aliphatic heterocycles. The van der Waals surface area contributed by atoms with E-state index in [0.29, 0.717) is 18.7 Å². The van der Waals surface area contributed by atoms with Gasteiger partial charge >= 0.3 is 0 Å². The third-order valence-electron chi connectivity index (χ3n) is 4.35. The van der Waals surface area contributed by atoms with Gasteiger partial charge in [0.25, 0.3) is 0 Å². The summed E-state index contributed by atoms with van der Waals surface area (Å²) < 4.78 is 14.0. The van der Waals surface area contributed by atoms with Gasteiger partial charge in [-0.2, -0.15) is 0 Å². The van der Waals surface area contributed by atoms with Crippen LogP contribution in [0, 0.1) is 12.7 Å². The molecule has 0 aliphatic carbocycles. The number of anilines is 1. The zero-order valence-corrected chi connectivity index (χ0v) is 13.4. The minimum absolute atomic E-state index is 0.00112. The van der Waals surface area contributed by atoms with Gasteiger partial charge in [0.15, 0.2) is 0 Å². The van der Waals surface area contributed by atoms with E-state index >= 15 is 0 Å². The van der Waals surface area contributed by atoms with Crippen molar-refractivity contribution in [3.63, 3.8) is 0 Å². The van der Waals surface area contributed by atoms with E-state index in [1.54, 1.807) is 13.0 Å². The van der Waals surface area contributed by atoms with Crippen LogP contribution in [0.3, 0.4) is 0 Å². The minimum Gasteiger partial charge on any atom is -0.355 e. The number of benzene rings is 1. The highest BCUT2D eigenvalue weighted by molar-refractivity contribution is 5.90. The molecule has 1 unspecified atom stereocenters. The molecule has 0 saturated carbocycles. The molecule has 1 fully saturated rings. The number of rotatable bonds is 3. The average Bonchev–Trinajstić information content (AvgIpc) is 2.43. The number of aryl methyl sites for hydroxylation is 1. The summed E-state index contributed by atoms with van der Waals surface area (Å²) in [6.07, 6.45) is 0. The summed E-state index contributed by atoms with van der Waals surface area (Å²) >= 11 is 0. The molecule has 116 valence electrons. The highest BCUT2D eigenvalue weighted by Gasteiger charge is 2.39. The topological polar surface area (TPSA) is 44.4 Å². The molecule has 1 aromatic carbocycles. The van der Waals surface area contributed by atoms with Crippen LogP contribution < -0.4 is 15.5 Å². The van der Waals surface area contributed by atoms with Gasteiger partial charge in [-0.15, -0.1) is 0 Å². The van der Waals surface area contributed by atoms with Crippen LogP contribution >= 0.6 is 0 Å². The van der Waals surface area contributed by atoms with Crippen molar-refractivity contribution in [3.05, 3.63) is 29.1 Å². The first-order chi connectivity index (χ1) is 9.78. The van der Waals surface area contributed by atoms with Gasteiger partial charge < -0.3 is 15.5 Å². The molecule has 4 nitrogen and oxygen atoms in total. The van der Waals surface area contributed by atoms with Crippen LogP contribution in [0.4, 0.5) is 10.1 Å². The molecule has 1 aromatic rings. The normalized spacial score (nSPS) is 19.3. The Labute approximate surface area is 125 Å². The van der Waals surface area contributed by atoms with Crippen molar-refractivity contribution in [1.29, 1.82) is 0 Å². The van der Waals surface area contributed by atoms with Crippen LogP contribution in [0.15, 0.2) is 12.1 Å². The van der Waals surface area contributed by atoms with E-state index in [1.165, 1.54) is 0 Å². The first kappa shape index (κ1) is 15.8. The number of amides is 1. The molecule has 1 aliphatic rings. The lowest BCUT2D eigenvalue weighted by Gasteiger charge is -2.44. The predicted octanol–water partition coefficient (Wildman–Crippen LogP) is 2.13. The Kier molecular flexibility index (Phi) is 4.23. The second kappa shape index (κ2) is 5.64. The Morgan fingerprint density at radius 1 is 1.43 bits per heavy atom.